The molecule has 5 aliphatic rings. The Morgan fingerprint density at radius 1 is 0.682 bits per heavy atom. The fourth-order valence-corrected chi connectivity index (χ4v) is 10.9. The number of alkyl halides is 6. The molecule has 2 atom stereocenters. The number of carbonyl (C=O) groups is 1. The predicted molar refractivity (Wildman–Crippen MR) is 163 cm³/mol. The third-order valence-corrected chi connectivity index (χ3v) is 13.2. The summed E-state index contributed by atoms with van der Waals surface area (Å²) in [5.74, 6) is -16.0. The number of carbonyl (C=O) groups excluding carboxylic acids is 1. The van der Waals surface area contributed by atoms with Crippen LogP contribution in [-0.2, 0) is 4.79 Å². The van der Waals surface area contributed by atoms with Crippen molar-refractivity contribution in [1.29, 1.82) is 0 Å². The number of ketones is 1. The van der Waals surface area contributed by atoms with Crippen LogP contribution in [0.15, 0.2) is 94.8 Å². The van der Waals surface area contributed by atoms with Gasteiger partial charge in [0.2, 0.25) is 0 Å². The van der Waals surface area contributed by atoms with Gasteiger partial charge in [0.15, 0.2) is 5.78 Å². The molecule has 10 heteroatoms. The van der Waals surface area contributed by atoms with Crippen molar-refractivity contribution < 1.29 is 36.2 Å². The van der Waals surface area contributed by atoms with Crippen LogP contribution in [0.5, 0.6) is 0 Å². The second-order valence-electron chi connectivity index (χ2n) is 11.6. The van der Waals surface area contributed by atoms with Crippen molar-refractivity contribution >= 4 is 44.7 Å². The van der Waals surface area contributed by atoms with Crippen LogP contribution in [0.4, 0.5) is 26.3 Å². The summed E-state index contributed by atoms with van der Waals surface area (Å²) in [7, 11) is 0. The Morgan fingerprint density at radius 3 is 1.57 bits per heavy atom. The minimum atomic E-state index is -5.62. The molecule has 228 valence electrons. The lowest BCUT2D eigenvalue weighted by atomic mass is 9.67. The molecule has 2 aromatic rings. The Bertz CT molecular complexity index is 1780. The van der Waals surface area contributed by atoms with Gasteiger partial charge in [-0.3, -0.25) is 4.79 Å². The molecule has 2 aliphatic heterocycles. The highest BCUT2D eigenvalue weighted by atomic mass is 32.2. The van der Waals surface area contributed by atoms with Crippen molar-refractivity contribution in [3.8, 4) is 0 Å². The lowest BCUT2D eigenvalue weighted by molar-refractivity contribution is -0.258. The number of hydrogen-bond acceptors (Lipinski definition) is 4. The van der Waals surface area contributed by atoms with E-state index in [1.807, 2.05) is 0 Å². The first-order valence-corrected chi connectivity index (χ1v) is 16.0. The number of aliphatic hydroxyl groups excluding tert-OH is 1. The molecule has 3 aliphatic carbocycles. The van der Waals surface area contributed by atoms with Gasteiger partial charge in [0, 0.05) is 33.8 Å². The lowest BCUT2D eigenvalue weighted by Gasteiger charge is -2.50. The van der Waals surface area contributed by atoms with E-state index < -0.39 is 38.4 Å². The van der Waals surface area contributed by atoms with Gasteiger partial charge in [-0.05, 0) is 52.8 Å². The maximum Gasteiger partial charge on any atom is 0.380 e. The fourth-order valence-electron chi connectivity index (χ4n) is 7.38. The Hall–Kier alpha value is -3.11. The number of benzene rings is 2. The van der Waals surface area contributed by atoms with Gasteiger partial charge in [0.1, 0.15) is 5.76 Å². The molecule has 1 saturated carbocycles. The van der Waals surface area contributed by atoms with Gasteiger partial charge in [-0.25, -0.2) is 0 Å². The molecule has 44 heavy (non-hydrogen) atoms. The number of thioether (sulfide) groups is 2. The third-order valence-electron chi connectivity index (χ3n) is 9.52. The number of aliphatic hydroxyl groups is 1. The van der Waals surface area contributed by atoms with Crippen LogP contribution in [-0.4, -0.2) is 38.2 Å². The smallest absolute Gasteiger partial charge is 0.380 e. The van der Waals surface area contributed by atoms with E-state index in [0.29, 0.717) is 26.5 Å². The Kier molecular flexibility index (Phi) is 6.36. The Labute approximate surface area is 258 Å². The van der Waals surface area contributed by atoms with E-state index in [-0.39, 0.29) is 53.9 Å². The first-order chi connectivity index (χ1) is 20.8. The minimum Gasteiger partial charge on any atom is -0.512 e. The SMILES string of the molecule is CCC12SC(c3ccccc3)=CC1=C1C(=C3C=C(c4ccc(C5=C(O)CCC5=O)cc4)SC32CC)C(F)(F)C(F)(F)C1(F)F. The van der Waals surface area contributed by atoms with E-state index in [2.05, 4.69) is 0 Å². The van der Waals surface area contributed by atoms with Gasteiger partial charge in [0.25, 0.3) is 0 Å². The van der Waals surface area contributed by atoms with Crippen molar-refractivity contribution in [2.45, 2.75) is 66.8 Å². The van der Waals surface area contributed by atoms with Crippen molar-refractivity contribution in [3.63, 3.8) is 0 Å². The summed E-state index contributed by atoms with van der Waals surface area (Å²) in [5.41, 5.74) is -0.899. The monoisotopic (exact) mass is 644 g/mol. The molecule has 0 bridgehead atoms. The fraction of sp³-hybridized carbons (Fsp3) is 0.324. The molecular weight excluding hydrogens is 618 g/mol. The summed E-state index contributed by atoms with van der Waals surface area (Å²) in [4.78, 5) is 13.3. The molecule has 7 rings (SSSR count). The van der Waals surface area contributed by atoms with E-state index in [4.69, 9.17) is 0 Å². The summed E-state index contributed by atoms with van der Waals surface area (Å²) in [6, 6.07) is 15.5. The number of fused-ring (bicyclic) bond motifs is 4. The van der Waals surface area contributed by atoms with Crippen LogP contribution in [0.3, 0.4) is 0 Å². The van der Waals surface area contributed by atoms with Crippen LogP contribution in [0.1, 0.15) is 56.2 Å². The maximum absolute atomic E-state index is 15.8. The highest BCUT2D eigenvalue weighted by Gasteiger charge is 2.84. The topological polar surface area (TPSA) is 37.3 Å². The molecule has 2 nitrogen and oxygen atoms in total. The quantitative estimate of drug-likeness (QED) is 0.329. The summed E-state index contributed by atoms with van der Waals surface area (Å²) >= 11 is 2.53. The third kappa shape index (κ3) is 3.47. The van der Waals surface area contributed by atoms with Crippen LogP contribution < -0.4 is 0 Å². The van der Waals surface area contributed by atoms with E-state index >= 15 is 26.3 Å². The Balaban J connectivity index is 1.46. The molecule has 0 amide bonds. The largest absolute Gasteiger partial charge is 0.512 e. The van der Waals surface area contributed by atoms with Crippen molar-refractivity contribution in [1.82, 2.24) is 0 Å². The van der Waals surface area contributed by atoms with Gasteiger partial charge in [-0.1, -0.05) is 68.4 Å². The molecule has 0 spiro atoms. The van der Waals surface area contributed by atoms with E-state index in [0.717, 1.165) is 0 Å². The first kappa shape index (κ1) is 29.6. The lowest BCUT2D eigenvalue weighted by Crippen LogP contribution is -2.52. The first-order valence-electron chi connectivity index (χ1n) is 14.3. The second-order valence-corrected chi connectivity index (χ2v) is 14.3. The van der Waals surface area contributed by atoms with E-state index in [9.17, 15) is 9.90 Å². The van der Waals surface area contributed by atoms with Crippen LogP contribution in [0.2, 0.25) is 0 Å². The van der Waals surface area contributed by atoms with E-state index in [1.165, 1.54) is 35.7 Å². The molecule has 1 N–H and O–H groups in total. The van der Waals surface area contributed by atoms with Gasteiger partial charge >= 0.3 is 17.8 Å². The summed E-state index contributed by atoms with van der Waals surface area (Å²) in [5, 5.41) is 10.2. The average Bonchev–Trinajstić information content (AvgIpc) is 3.72. The molecule has 2 aromatic carbocycles. The van der Waals surface area contributed by atoms with Gasteiger partial charge in [0.05, 0.1) is 15.1 Å². The zero-order valence-electron chi connectivity index (χ0n) is 23.6. The van der Waals surface area contributed by atoms with Gasteiger partial charge in [-0.15, -0.1) is 23.5 Å². The van der Waals surface area contributed by atoms with Crippen molar-refractivity contribution in [2.75, 3.05) is 0 Å². The normalized spacial score (nSPS) is 29.6. The Morgan fingerprint density at radius 2 is 1.14 bits per heavy atom. The molecule has 2 heterocycles. The average molecular weight is 645 g/mol. The molecule has 0 aromatic heterocycles. The number of rotatable bonds is 5. The molecular formula is C34H26F6O2S2. The molecule has 0 saturated heterocycles. The second kappa shape index (κ2) is 9.45. The highest BCUT2D eigenvalue weighted by Crippen LogP contribution is 2.76. The van der Waals surface area contributed by atoms with Crippen LogP contribution in [0, 0.1) is 0 Å². The highest BCUT2D eigenvalue weighted by molar-refractivity contribution is 8.14. The predicted octanol–water partition coefficient (Wildman–Crippen LogP) is 10.0. The molecule has 1 fully saturated rings. The van der Waals surface area contributed by atoms with Gasteiger partial charge < -0.3 is 5.11 Å². The van der Waals surface area contributed by atoms with Gasteiger partial charge in [-0.2, -0.15) is 26.3 Å². The van der Waals surface area contributed by atoms with Crippen LogP contribution >= 0.6 is 23.5 Å². The maximum atomic E-state index is 15.8. The minimum absolute atomic E-state index is 0.00133. The zero-order chi connectivity index (χ0) is 31.4. The molecule has 2 unspecified atom stereocenters. The summed E-state index contributed by atoms with van der Waals surface area (Å²) in [6.07, 6.45) is 3.70. The standard InChI is InChI=1S/C34H26F6O2S2/c1-3-30-21(16-25(43-30)18-8-6-5-7-9-18)28-29(33(37,38)34(39,40)32(28,35)36)22-17-26(44-31(22,30)4-2)19-10-12-20(13-11-19)27-23(41)14-15-24(27)42/h5-13,16-17,41H,3-4,14-15H2,1-2H3. The van der Waals surface area contributed by atoms with Crippen molar-refractivity contribution in [2.24, 2.45) is 0 Å². The number of hydrogen-bond donors (Lipinski definition) is 1. The van der Waals surface area contributed by atoms with Crippen LogP contribution in [0.25, 0.3) is 15.4 Å². The number of halogens is 6. The number of allylic oxidation sites excluding steroid dienone is 6. The number of Topliss-reactive ketones (excluding diaryl/α,β-unsaturated/α-hetero) is 1. The summed E-state index contributed by atoms with van der Waals surface area (Å²) < 4.78 is 91.0. The molecule has 0 radical (unpaired) electrons. The zero-order valence-corrected chi connectivity index (χ0v) is 25.3. The van der Waals surface area contributed by atoms with Crippen molar-refractivity contribution in [3.05, 3.63) is 111 Å². The summed E-state index contributed by atoms with van der Waals surface area (Å²) in [6.45, 7) is 3.56. The van der Waals surface area contributed by atoms with E-state index in [1.54, 1.807) is 68.4 Å².